The van der Waals surface area contributed by atoms with Crippen LogP contribution in [0, 0.1) is 0 Å². The maximum Gasteiger partial charge on any atom is 0.191 e. The molecule has 0 bridgehead atoms. The average molecular weight is 291 g/mol. The van der Waals surface area contributed by atoms with E-state index < -0.39 is 0 Å². The molecule has 2 N–H and O–H groups in total. The summed E-state index contributed by atoms with van der Waals surface area (Å²) in [6.07, 6.45) is 1.99. The standard InChI is InChI=1S/C16H25N3O2/c1-4-12(2)19-16(17-3)18-8-7-13-5-6-14-15(11-13)21-10-9-20-14/h5-6,11-12H,4,7-10H2,1-3H3,(H2,17,18,19). The Hall–Kier alpha value is -1.91. The predicted molar refractivity (Wildman–Crippen MR) is 85.4 cm³/mol. The summed E-state index contributed by atoms with van der Waals surface area (Å²) in [7, 11) is 1.79. The summed E-state index contributed by atoms with van der Waals surface area (Å²) in [6, 6.07) is 6.54. The Balaban J connectivity index is 1.83. The van der Waals surface area contributed by atoms with Gasteiger partial charge < -0.3 is 20.1 Å². The monoisotopic (exact) mass is 291 g/mol. The van der Waals surface area contributed by atoms with Crippen molar-refractivity contribution in [1.29, 1.82) is 0 Å². The molecule has 1 aliphatic rings. The first kappa shape index (κ1) is 15.5. The third-order valence-electron chi connectivity index (χ3n) is 3.53. The summed E-state index contributed by atoms with van der Waals surface area (Å²) in [5.41, 5.74) is 1.23. The fraction of sp³-hybridized carbons (Fsp3) is 0.562. The molecule has 0 aromatic heterocycles. The molecule has 0 saturated heterocycles. The van der Waals surface area contributed by atoms with Gasteiger partial charge in [0.25, 0.3) is 0 Å². The number of nitrogens with zero attached hydrogens (tertiary/aromatic N) is 1. The fourth-order valence-electron chi connectivity index (χ4n) is 2.10. The number of aliphatic imine (C=N–C) groups is 1. The predicted octanol–water partition coefficient (Wildman–Crippen LogP) is 1.96. The molecule has 0 spiro atoms. The van der Waals surface area contributed by atoms with Gasteiger partial charge in [0, 0.05) is 19.6 Å². The van der Waals surface area contributed by atoms with Crippen molar-refractivity contribution in [2.45, 2.75) is 32.7 Å². The van der Waals surface area contributed by atoms with E-state index in [4.69, 9.17) is 9.47 Å². The number of hydrogen-bond acceptors (Lipinski definition) is 3. The second-order valence-electron chi connectivity index (χ2n) is 5.18. The van der Waals surface area contributed by atoms with E-state index in [1.807, 2.05) is 6.07 Å². The Kier molecular flexibility index (Phi) is 5.72. The molecule has 1 unspecified atom stereocenters. The van der Waals surface area contributed by atoms with Gasteiger partial charge in [-0.3, -0.25) is 4.99 Å². The van der Waals surface area contributed by atoms with Gasteiger partial charge in [0.15, 0.2) is 17.5 Å². The second-order valence-corrected chi connectivity index (χ2v) is 5.18. The van der Waals surface area contributed by atoms with Gasteiger partial charge in [-0.25, -0.2) is 0 Å². The maximum atomic E-state index is 5.60. The van der Waals surface area contributed by atoms with Crippen molar-refractivity contribution >= 4 is 5.96 Å². The highest BCUT2D eigenvalue weighted by molar-refractivity contribution is 5.79. The van der Waals surface area contributed by atoms with E-state index in [2.05, 4.69) is 41.6 Å². The molecule has 1 heterocycles. The third-order valence-corrected chi connectivity index (χ3v) is 3.53. The van der Waals surface area contributed by atoms with Gasteiger partial charge in [0.2, 0.25) is 0 Å². The number of hydrogen-bond donors (Lipinski definition) is 2. The average Bonchev–Trinajstić information content (AvgIpc) is 2.53. The summed E-state index contributed by atoms with van der Waals surface area (Å²) >= 11 is 0. The first-order valence-electron chi connectivity index (χ1n) is 7.58. The fourth-order valence-corrected chi connectivity index (χ4v) is 2.10. The molecule has 116 valence electrons. The molecule has 0 aliphatic carbocycles. The van der Waals surface area contributed by atoms with E-state index >= 15 is 0 Å². The molecule has 5 nitrogen and oxygen atoms in total. The van der Waals surface area contributed by atoms with E-state index in [1.165, 1.54) is 5.56 Å². The molecular formula is C16H25N3O2. The number of fused-ring (bicyclic) bond motifs is 1. The van der Waals surface area contributed by atoms with Crippen molar-refractivity contribution in [3.8, 4) is 11.5 Å². The topological polar surface area (TPSA) is 54.9 Å². The largest absolute Gasteiger partial charge is 0.486 e. The van der Waals surface area contributed by atoms with Crippen LogP contribution in [-0.2, 0) is 6.42 Å². The molecule has 0 radical (unpaired) electrons. The number of nitrogens with one attached hydrogen (secondary N) is 2. The quantitative estimate of drug-likeness (QED) is 0.643. The lowest BCUT2D eigenvalue weighted by atomic mass is 10.1. The Morgan fingerprint density at radius 2 is 2.05 bits per heavy atom. The van der Waals surface area contributed by atoms with Gasteiger partial charge in [0.1, 0.15) is 13.2 Å². The highest BCUT2D eigenvalue weighted by Crippen LogP contribution is 2.30. The molecule has 2 rings (SSSR count). The lowest BCUT2D eigenvalue weighted by Crippen LogP contribution is -2.42. The molecule has 5 heteroatoms. The summed E-state index contributed by atoms with van der Waals surface area (Å²) in [4.78, 5) is 4.23. The van der Waals surface area contributed by atoms with E-state index in [0.717, 1.165) is 36.8 Å². The third kappa shape index (κ3) is 4.55. The highest BCUT2D eigenvalue weighted by Gasteiger charge is 2.11. The summed E-state index contributed by atoms with van der Waals surface area (Å²) in [6.45, 7) is 6.38. The molecule has 1 aromatic rings. The van der Waals surface area contributed by atoms with Crippen LogP contribution in [-0.4, -0.2) is 38.8 Å². The second kappa shape index (κ2) is 7.76. The van der Waals surface area contributed by atoms with Crippen LogP contribution in [0.5, 0.6) is 11.5 Å². The number of rotatable bonds is 5. The van der Waals surface area contributed by atoms with E-state index in [1.54, 1.807) is 7.05 Å². The van der Waals surface area contributed by atoms with Crippen LogP contribution < -0.4 is 20.1 Å². The Morgan fingerprint density at radius 3 is 2.76 bits per heavy atom. The van der Waals surface area contributed by atoms with Crippen LogP contribution in [0.2, 0.25) is 0 Å². The van der Waals surface area contributed by atoms with Crippen LogP contribution in [0.25, 0.3) is 0 Å². The normalized spacial score (nSPS) is 15.5. The van der Waals surface area contributed by atoms with Crippen LogP contribution in [0.3, 0.4) is 0 Å². The van der Waals surface area contributed by atoms with Gasteiger partial charge >= 0.3 is 0 Å². The van der Waals surface area contributed by atoms with Crippen LogP contribution in [0.1, 0.15) is 25.8 Å². The Morgan fingerprint density at radius 1 is 1.29 bits per heavy atom. The minimum atomic E-state index is 0.422. The van der Waals surface area contributed by atoms with Gasteiger partial charge in [-0.2, -0.15) is 0 Å². The zero-order valence-corrected chi connectivity index (χ0v) is 13.1. The summed E-state index contributed by atoms with van der Waals surface area (Å²) in [5.74, 6) is 2.54. The van der Waals surface area contributed by atoms with Crippen molar-refractivity contribution < 1.29 is 9.47 Å². The van der Waals surface area contributed by atoms with Crippen LogP contribution >= 0.6 is 0 Å². The van der Waals surface area contributed by atoms with E-state index in [0.29, 0.717) is 19.3 Å². The number of benzene rings is 1. The lowest BCUT2D eigenvalue weighted by Gasteiger charge is -2.19. The van der Waals surface area contributed by atoms with Gasteiger partial charge in [-0.05, 0) is 37.5 Å². The van der Waals surface area contributed by atoms with E-state index in [-0.39, 0.29) is 0 Å². The minimum absolute atomic E-state index is 0.422. The lowest BCUT2D eigenvalue weighted by molar-refractivity contribution is 0.171. The van der Waals surface area contributed by atoms with Gasteiger partial charge in [-0.15, -0.1) is 0 Å². The summed E-state index contributed by atoms with van der Waals surface area (Å²) < 4.78 is 11.1. The van der Waals surface area contributed by atoms with Crippen molar-refractivity contribution in [2.24, 2.45) is 4.99 Å². The van der Waals surface area contributed by atoms with Crippen LogP contribution in [0.15, 0.2) is 23.2 Å². The molecule has 21 heavy (non-hydrogen) atoms. The molecule has 0 fully saturated rings. The Labute approximate surface area is 126 Å². The molecule has 1 aliphatic heterocycles. The molecule has 1 atom stereocenters. The molecule has 0 amide bonds. The molecule has 1 aromatic carbocycles. The maximum absolute atomic E-state index is 5.60. The zero-order chi connectivity index (χ0) is 15.1. The summed E-state index contributed by atoms with van der Waals surface area (Å²) in [5, 5.41) is 6.68. The van der Waals surface area contributed by atoms with Crippen molar-refractivity contribution in [3.05, 3.63) is 23.8 Å². The van der Waals surface area contributed by atoms with E-state index in [9.17, 15) is 0 Å². The minimum Gasteiger partial charge on any atom is -0.486 e. The Bertz CT molecular complexity index is 488. The number of guanidine groups is 1. The molecule has 0 saturated carbocycles. The first-order chi connectivity index (χ1) is 10.2. The van der Waals surface area contributed by atoms with Crippen molar-refractivity contribution in [3.63, 3.8) is 0 Å². The van der Waals surface area contributed by atoms with Crippen molar-refractivity contribution in [2.75, 3.05) is 26.8 Å². The SMILES string of the molecule is CCC(C)NC(=NC)NCCc1ccc2c(c1)OCCO2. The van der Waals surface area contributed by atoms with Gasteiger partial charge in [-0.1, -0.05) is 13.0 Å². The smallest absolute Gasteiger partial charge is 0.191 e. The van der Waals surface area contributed by atoms with Crippen LogP contribution in [0.4, 0.5) is 0 Å². The molecular weight excluding hydrogens is 266 g/mol. The highest BCUT2D eigenvalue weighted by atomic mass is 16.6. The first-order valence-corrected chi connectivity index (χ1v) is 7.58. The zero-order valence-electron chi connectivity index (χ0n) is 13.1. The number of ether oxygens (including phenoxy) is 2. The van der Waals surface area contributed by atoms with Gasteiger partial charge in [0.05, 0.1) is 0 Å². The van der Waals surface area contributed by atoms with Crippen molar-refractivity contribution in [1.82, 2.24) is 10.6 Å².